The van der Waals surface area contributed by atoms with Gasteiger partial charge in [-0.1, -0.05) is 0 Å². The Morgan fingerprint density at radius 2 is 1.96 bits per heavy atom. The molecule has 8 heteroatoms. The van der Waals surface area contributed by atoms with Gasteiger partial charge in [0.1, 0.15) is 11.2 Å². The van der Waals surface area contributed by atoms with Crippen LogP contribution in [0.25, 0.3) is 5.65 Å². The van der Waals surface area contributed by atoms with Crippen LogP contribution >= 0.6 is 0 Å². The fourth-order valence-electron chi connectivity index (χ4n) is 3.11. The number of likely N-dealkylation sites (tertiary alicyclic amines) is 1. The highest BCUT2D eigenvalue weighted by Gasteiger charge is 2.29. The van der Waals surface area contributed by atoms with Gasteiger partial charge in [0.15, 0.2) is 5.65 Å². The molecule has 0 bridgehead atoms. The summed E-state index contributed by atoms with van der Waals surface area (Å²) in [6.45, 7) is 8.46. The summed E-state index contributed by atoms with van der Waals surface area (Å²) in [4.78, 5) is 30.9. The molecule has 0 saturated carbocycles. The van der Waals surface area contributed by atoms with E-state index in [-0.39, 0.29) is 11.9 Å². The standard InChI is InChI=1S/C18H25N5O3/c1-12-14(15-19-8-5-9-23(15)21-12)16(24)22-10-6-13(7-11-22)20-17(25)26-18(2,3)4/h5,8-9,13H,6-7,10-11H2,1-4H3,(H,20,25). The summed E-state index contributed by atoms with van der Waals surface area (Å²) in [5.41, 5.74) is 1.27. The third kappa shape index (κ3) is 3.95. The molecule has 2 amide bonds. The second kappa shape index (κ2) is 6.93. The average Bonchev–Trinajstić information content (AvgIpc) is 2.88. The van der Waals surface area contributed by atoms with Crippen LogP contribution in [-0.4, -0.2) is 56.2 Å². The largest absolute Gasteiger partial charge is 0.444 e. The highest BCUT2D eigenvalue weighted by Crippen LogP contribution is 2.19. The van der Waals surface area contributed by atoms with E-state index in [0.29, 0.717) is 42.8 Å². The number of fused-ring (bicyclic) bond motifs is 1. The summed E-state index contributed by atoms with van der Waals surface area (Å²) >= 11 is 0. The fraction of sp³-hybridized carbons (Fsp3) is 0.556. The lowest BCUT2D eigenvalue weighted by Gasteiger charge is -2.32. The number of carbonyl (C=O) groups excluding carboxylic acids is 2. The third-order valence-electron chi connectivity index (χ3n) is 4.29. The van der Waals surface area contributed by atoms with Crippen LogP contribution in [0.2, 0.25) is 0 Å². The first-order valence-corrected chi connectivity index (χ1v) is 8.83. The van der Waals surface area contributed by atoms with Gasteiger partial charge in [-0.25, -0.2) is 14.3 Å². The minimum atomic E-state index is -0.519. The lowest BCUT2D eigenvalue weighted by Crippen LogP contribution is -2.47. The second-order valence-electron chi connectivity index (χ2n) is 7.56. The number of aryl methyl sites for hydroxylation is 1. The van der Waals surface area contributed by atoms with Gasteiger partial charge in [0, 0.05) is 31.5 Å². The molecular weight excluding hydrogens is 334 g/mol. The molecular formula is C18H25N5O3. The zero-order valence-electron chi connectivity index (χ0n) is 15.7. The number of amides is 2. The summed E-state index contributed by atoms with van der Waals surface area (Å²) in [6, 6.07) is 1.79. The first-order valence-electron chi connectivity index (χ1n) is 8.83. The molecule has 0 unspecified atom stereocenters. The van der Waals surface area contributed by atoms with E-state index in [1.54, 1.807) is 27.9 Å². The van der Waals surface area contributed by atoms with E-state index < -0.39 is 11.7 Å². The SMILES string of the molecule is Cc1nn2cccnc2c1C(=O)N1CCC(NC(=O)OC(C)(C)C)CC1. The molecule has 0 aliphatic carbocycles. The maximum atomic E-state index is 12.9. The second-order valence-corrected chi connectivity index (χ2v) is 7.56. The number of piperidine rings is 1. The molecule has 8 nitrogen and oxygen atoms in total. The first kappa shape index (κ1) is 18.2. The molecule has 3 rings (SSSR count). The van der Waals surface area contributed by atoms with Crippen molar-refractivity contribution >= 4 is 17.6 Å². The zero-order chi connectivity index (χ0) is 18.9. The van der Waals surface area contributed by atoms with Crippen molar-refractivity contribution in [3.05, 3.63) is 29.7 Å². The summed E-state index contributed by atoms with van der Waals surface area (Å²) in [5, 5.41) is 7.23. The maximum absolute atomic E-state index is 12.9. The van der Waals surface area contributed by atoms with Crippen molar-refractivity contribution in [1.82, 2.24) is 24.8 Å². The zero-order valence-corrected chi connectivity index (χ0v) is 15.7. The van der Waals surface area contributed by atoms with Crippen molar-refractivity contribution < 1.29 is 14.3 Å². The van der Waals surface area contributed by atoms with E-state index in [1.165, 1.54) is 0 Å². The lowest BCUT2D eigenvalue weighted by atomic mass is 10.0. The van der Waals surface area contributed by atoms with Gasteiger partial charge in [-0.2, -0.15) is 5.10 Å². The minimum absolute atomic E-state index is 0.0111. The Morgan fingerprint density at radius 1 is 1.27 bits per heavy atom. The Bertz CT molecular complexity index is 816. The Kier molecular flexibility index (Phi) is 4.84. The van der Waals surface area contributed by atoms with Crippen molar-refractivity contribution in [2.45, 2.75) is 52.2 Å². The smallest absolute Gasteiger partial charge is 0.407 e. The monoisotopic (exact) mass is 359 g/mol. The number of nitrogens with one attached hydrogen (secondary N) is 1. The molecule has 1 saturated heterocycles. The molecule has 2 aromatic heterocycles. The van der Waals surface area contributed by atoms with E-state index >= 15 is 0 Å². The van der Waals surface area contributed by atoms with E-state index in [4.69, 9.17) is 4.74 Å². The van der Waals surface area contributed by atoms with Crippen molar-refractivity contribution in [1.29, 1.82) is 0 Å². The molecule has 1 aliphatic rings. The van der Waals surface area contributed by atoms with Gasteiger partial charge in [-0.15, -0.1) is 0 Å². The van der Waals surface area contributed by atoms with Crippen molar-refractivity contribution in [3.63, 3.8) is 0 Å². The number of nitrogens with zero attached hydrogens (tertiary/aromatic N) is 4. The van der Waals surface area contributed by atoms with E-state index in [9.17, 15) is 9.59 Å². The normalized spacial score (nSPS) is 15.9. The summed E-state index contributed by atoms with van der Waals surface area (Å²) in [6.07, 6.45) is 4.41. The molecule has 0 atom stereocenters. The summed E-state index contributed by atoms with van der Waals surface area (Å²) in [7, 11) is 0. The predicted octanol–water partition coefficient (Wildman–Crippen LogP) is 2.17. The maximum Gasteiger partial charge on any atom is 0.407 e. The molecule has 140 valence electrons. The predicted molar refractivity (Wildman–Crippen MR) is 96.0 cm³/mol. The van der Waals surface area contributed by atoms with Crippen LogP contribution in [0, 0.1) is 6.92 Å². The molecule has 0 spiro atoms. The molecule has 1 N–H and O–H groups in total. The third-order valence-corrected chi connectivity index (χ3v) is 4.29. The van der Waals surface area contributed by atoms with Gasteiger partial charge < -0.3 is 15.0 Å². The van der Waals surface area contributed by atoms with Gasteiger partial charge in [0.2, 0.25) is 0 Å². The Morgan fingerprint density at radius 3 is 2.62 bits per heavy atom. The quantitative estimate of drug-likeness (QED) is 0.888. The van der Waals surface area contributed by atoms with Crippen LogP contribution in [0.3, 0.4) is 0 Å². The number of hydrogen-bond donors (Lipinski definition) is 1. The molecule has 0 radical (unpaired) electrons. The first-order chi connectivity index (χ1) is 12.2. The number of ether oxygens (including phenoxy) is 1. The minimum Gasteiger partial charge on any atom is -0.444 e. The summed E-state index contributed by atoms with van der Waals surface area (Å²) < 4.78 is 6.91. The highest BCUT2D eigenvalue weighted by molar-refractivity contribution is 6.01. The van der Waals surface area contributed by atoms with Crippen LogP contribution in [0.4, 0.5) is 4.79 Å². The highest BCUT2D eigenvalue weighted by atomic mass is 16.6. The van der Waals surface area contributed by atoms with Crippen molar-refractivity contribution in [2.24, 2.45) is 0 Å². The van der Waals surface area contributed by atoms with Crippen LogP contribution in [0.5, 0.6) is 0 Å². The number of rotatable bonds is 2. The number of hydrogen-bond acceptors (Lipinski definition) is 5. The van der Waals surface area contributed by atoms with E-state index in [1.807, 2.05) is 27.7 Å². The van der Waals surface area contributed by atoms with Gasteiger partial charge in [0.05, 0.1) is 5.69 Å². The van der Waals surface area contributed by atoms with Gasteiger partial charge in [-0.3, -0.25) is 4.79 Å². The van der Waals surface area contributed by atoms with Crippen molar-refractivity contribution in [2.75, 3.05) is 13.1 Å². The Labute approximate surface area is 152 Å². The topological polar surface area (TPSA) is 88.8 Å². The molecule has 3 heterocycles. The number of aromatic nitrogens is 3. The fourth-order valence-corrected chi connectivity index (χ4v) is 3.11. The molecule has 0 aromatic carbocycles. The number of carbonyl (C=O) groups is 2. The van der Waals surface area contributed by atoms with Crippen LogP contribution in [-0.2, 0) is 4.74 Å². The molecule has 2 aromatic rings. The summed E-state index contributed by atoms with van der Waals surface area (Å²) in [5.74, 6) is -0.0630. The van der Waals surface area contributed by atoms with Crippen LogP contribution in [0.15, 0.2) is 18.5 Å². The molecule has 1 fully saturated rings. The van der Waals surface area contributed by atoms with Crippen molar-refractivity contribution in [3.8, 4) is 0 Å². The molecule has 1 aliphatic heterocycles. The van der Waals surface area contributed by atoms with Gasteiger partial charge in [0.25, 0.3) is 5.91 Å². The van der Waals surface area contributed by atoms with Gasteiger partial charge >= 0.3 is 6.09 Å². The van der Waals surface area contributed by atoms with Crippen LogP contribution in [0.1, 0.15) is 49.7 Å². The Hall–Kier alpha value is -2.64. The van der Waals surface area contributed by atoms with Gasteiger partial charge in [-0.05, 0) is 46.6 Å². The lowest BCUT2D eigenvalue weighted by molar-refractivity contribution is 0.0474. The molecule has 26 heavy (non-hydrogen) atoms. The van der Waals surface area contributed by atoms with E-state index in [2.05, 4.69) is 15.4 Å². The van der Waals surface area contributed by atoms with E-state index in [0.717, 1.165) is 0 Å². The number of alkyl carbamates (subject to hydrolysis) is 1. The average molecular weight is 359 g/mol. The Balaban J connectivity index is 1.62. The van der Waals surface area contributed by atoms with Crippen LogP contribution < -0.4 is 5.32 Å².